The molecule has 0 aliphatic carbocycles. The summed E-state index contributed by atoms with van der Waals surface area (Å²) in [7, 11) is -4.07. The zero-order valence-electron chi connectivity index (χ0n) is 19.3. The summed E-state index contributed by atoms with van der Waals surface area (Å²) >= 11 is 0. The lowest BCUT2D eigenvalue weighted by Crippen LogP contribution is -2.40. The van der Waals surface area contributed by atoms with Crippen molar-refractivity contribution in [1.82, 2.24) is 14.9 Å². The molecule has 1 amide bonds. The molecule has 4 aromatic rings. The first-order chi connectivity index (χ1) is 16.8. The summed E-state index contributed by atoms with van der Waals surface area (Å²) < 4.78 is 43.3. The first kappa shape index (κ1) is 24.2. The third-order valence-corrected chi connectivity index (χ3v) is 7.35. The van der Waals surface area contributed by atoms with Crippen LogP contribution in [0.3, 0.4) is 0 Å². The number of hydrogen-bond acceptors (Lipinski definition) is 4. The van der Waals surface area contributed by atoms with Crippen LogP contribution in [0.2, 0.25) is 0 Å². The van der Waals surface area contributed by atoms with Crippen molar-refractivity contribution in [3.63, 3.8) is 0 Å². The molecule has 1 N–H and O–H groups in total. The fourth-order valence-corrected chi connectivity index (χ4v) is 5.09. The van der Waals surface area contributed by atoms with E-state index in [1.165, 1.54) is 24.3 Å². The maximum atomic E-state index is 13.5. The number of nitrogens with zero attached hydrogens (tertiary/aromatic N) is 3. The molecule has 0 spiro atoms. The third kappa shape index (κ3) is 5.41. The van der Waals surface area contributed by atoms with Crippen molar-refractivity contribution in [2.75, 3.05) is 10.8 Å². The van der Waals surface area contributed by atoms with Crippen molar-refractivity contribution in [2.45, 2.75) is 25.3 Å². The molecule has 9 heteroatoms. The smallest absolute Gasteiger partial charge is 0.264 e. The van der Waals surface area contributed by atoms with E-state index < -0.39 is 28.3 Å². The highest BCUT2D eigenvalue weighted by Gasteiger charge is 2.27. The summed E-state index contributed by atoms with van der Waals surface area (Å²) in [5.74, 6) is -0.199. The summed E-state index contributed by atoms with van der Waals surface area (Å²) in [6, 6.07) is 18.9. The Morgan fingerprint density at radius 2 is 1.69 bits per heavy atom. The first-order valence-electron chi connectivity index (χ1n) is 11.0. The number of para-hydroxylation sites is 1. The van der Waals surface area contributed by atoms with Crippen LogP contribution in [0.5, 0.6) is 0 Å². The van der Waals surface area contributed by atoms with Crippen LogP contribution in [0.4, 0.5) is 10.1 Å². The number of hydrogen-bond donors (Lipinski definition) is 1. The molecule has 4 rings (SSSR count). The van der Waals surface area contributed by atoms with Crippen LogP contribution >= 0.6 is 0 Å². The summed E-state index contributed by atoms with van der Waals surface area (Å²) in [4.78, 5) is 17.2. The van der Waals surface area contributed by atoms with Crippen LogP contribution in [0.1, 0.15) is 17.0 Å². The molecule has 35 heavy (non-hydrogen) atoms. The van der Waals surface area contributed by atoms with E-state index in [4.69, 9.17) is 0 Å². The summed E-state index contributed by atoms with van der Waals surface area (Å²) in [6.07, 6.45) is 3.53. The van der Waals surface area contributed by atoms with Crippen molar-refractivity contribution >= 4 is 21.6 Å². The zero-order valence-corrected chi connectivity index (χ0v) is 20.2. The number of rotatable bonds is 8. The van der Waals surface area contributed by atoms with Gasteiger partial charge in [0.05, 0.1) is 16.3 Å². The van der Waals surface area contributed by atoms with Gasteiger partial charge in [0.2, 0.25) is 5.91 Å². The average molecular weight is 493 g/mol. The molecule has 3 aromatic carbocycles. The average Bonchev–Trinajstić information content (AvgIpc) is 3.28. The van der Waals surface area contributed by atoms with Gasteiger partial charge < -0.3 is 9.88 Å². The van der Waals surface area contributed by atoms with Gasteiger partial charge in [0, 0.05) is 18.9 Å². The number of aromatic nitrogens is 2. The van der Waals surface area contributed by atoms with E-state index in [-0.39, 0.29) is 17.1 Å². The molecule has 0 radical (unpaired) electrons. The lowest BCUT2D eigenvalue weighted by molar-refractivity contribution is -0.119. The molecular formula is C26H25FN4O3S. The molecule has 180 valence electrons. The number of carbonyl (C=O) groups is 1. The van der Waals surface area contributed by atoms with E-state index in [1.54, 1.807) is 18.3 Å². The van der Waals surface area contributed by atoms with Crippen LogP contribution < -0.4 is 9.62 Å². The number of nitrogens with one attached hydrogen (secondary N) is 1. The zero-order chi connectivity index (χ0) is 25.0. The molecule has 0 fully saturated rings. The van der Waals surface area contributed by atoms with E-state index >= 15 is 0 Å². The van der Waals surface area contributed by atoms with Crippen LogP contribution in [0, 0.1) is 19.7 Å². The Morgan fingerprint density at radius 1 is 1.00 bits per heavy atom. The quantitative estimate of drug-likeness (QED) is 0.401. The minimum Gasteiger partial charge on any atom is -0.350 e. The Bertz CT molecular complexity index is 1430. The van der Waals surface area contributed by atoms with Gasteiger partial charge in [-0.3, -0.25) is 9.10 Å². The van der Waals surface area contributed by atoms with Gasteiger partial charge in [-0.05, 0) is 61.9 Å². The monoisotopic (exact) mass is 492 g/mol. The maximum absolute atomic E-state index is 13.5. The fraction of sp³-hybridized carbons (Fsp3) is 0.154. The van der Waals surface area contributed by atoms with E-state index in [0.29, 0.717) is 0 Å². The SMILES string of the molecule is Cc1ccc(S(=O)(=O)N(CC(=O)NCc2ccccc2-n2ccnc2C)c2ccc(F)cc2)cc1. The third-order valence-electron chi connectivity index (χ3n) is 5.56. The lowest BCUT2D eigenvalue weighted by Gasteiger charge is -2.24. The number of halogens is 1. The minimum absolute atomic E-state index is 0.0427. The number of aryl methyl sites for hydroxylation is 2. The van der Waals surface area contributed by atoms with Gasteiger partial charge in [-0.25, -0.2) is 17.8 Å². The Kier molecular flexibility index (Phi) is 6.97. The van der Waals surface area contributed by atoms with Gasteiger partial charge in [0.1, 0.15) is 18.2 Å². The highest BCUT2D eigenvalue weighted by Crippen LogP contribution is 2.24. The van der Waals surface area contributed by atoms with Gasteiger partial charge in [0.25, 0.3) is 10.0 Å². The molecule has 7 nitrogen and oxygen atoms in total. The second kappa shape index (κ2) is 10.1. The number of benzene rings is 3. The highest BCUT2D eigenvalue weighted by molar-refractivity contribution is 7.92. The number of carbonyl (C=O) groups excluding carboxylic acids is 1. The topological polar surface area (TPSA) is 84.3 Å². The Morgan fingerprint density at radius 3 is 2.34 bits per heavy atom. The summed E-state index contributed by atoms with van der Waals surface area (Å²) in [5.41, 5.74) is 2.81. The van der Waals surface area contributed by atoms with Crippen molar-refractivity contribution in [2.24, 2.45) is 0 Å². The lowest BCUT2D eigenvalue weighted by atomic mass is 10.1. The molecule has 1 aromatic heterocycles. The second-order valence-electron chi connectivity index (χ2n) is 8.05. The van der Waals surface area contributed by atoms with Crippen molar-refractivity contribution in [3.8, 4) is 5.69 Å². The highest BCUT2D eigenvalue weighted by atomic mass is 32.2. The van der Waals surface area contributed by atoms with Gasteiger partial charge >= 0.3 is 0 Å². The molecule has 1 heterocycles. The van der Waals surface area contributed by atoms with Crippen LogP contribution in [-0.2, 0) is 21.4 Å². The van der Waals surface area contributed by atoms with Crippen molar-refractivity contribution < 1.29 is 17.6 Å². The van der Waals surface area contributed by atoms with Gasteiger partial charge in [-0.1, -0.05) is 35.9 Å². The standard InChI is InChI=1S/C26H25FN4O3S/c1-19-7-13-24(14-8-19)35(33,34)31(23-11-9-22(27)10-12-23)18-26(32)29-17-21-5-3-4-6-25(21)30-16-15-28-20(30)2/h3-16H,17-18H2,1-2H3,(H,29,32). The number of anilines is 1. The van der Waals surface area contributed by atoms with E-state index in [2.05, 4.69) is 10.3 Å². The number of sulfonamides is 1. The van der Waals surface area contributed by atoms with Gasteiger partial charge in [-0.15, -0.1) is 0 Å². The van der Waals surface area contributed by atoms with Crippen molar-refractivity contribution in [1.29, 1.82) is 0 Å². The number of imidazole rings is 1. The second-order valence-corrected chi connectivity index (χ2v) is 9.91. The minimum atomic E-state index is -4.07. The van der Waals surface area contributed by atoms with Gasteiger partial charge in [0.15, 0.2) is 0 Å². The Labute approximate surface area is 203 Å². The molecule has 0 aliphatic rings. The predicted molar refractivity (Wildman–Crippen MR) is 132 cm³/mol. The van der Waals surface area contributed by atoms with Gasteiger partial charge in [-0.2, -0.15) is 0 Å². The predicted octanol–water partition coefficient (Wildman–Crippen LogP) is 4.14. The number of amides is 1. The molecule has 0 atom stereocenters. The summed E-state index contributed by atoms with van der Waals surface area (Å²) in [5, 5.41) is 2.81. The molecule has 0 aliphatic heterocycles. The maximum Gasteiger partial charge on any atom is 0.264 e. The van der Waals surface area contributed by atoms with Crippen LogP contribution in [0.25, 0.3) is 5.69 Å². The van der Waals surface area contributed by atoms with E-state index in [9.17, 15) is 17.6 Å². The van der Waals surface area contributed by atoms with Crippen molar-refractivity contribution in [3.05, 3.63) is 108 Å². The molecule has 0 unspecified atom stereocenters. The molecule has 0 saturated heterocycles. The Balaban J connectivity index is 1.58. The molecular weight excluding hydrogens is 467 g/mol. The molecule has 0 bridgehead atoms. The largest absolute Gasteiger partial charge is 0.350 e. The first-order valence-corrected chi connectivity index (χ1v) is 12.4. The normalized spacial score (nSPS) is 11.3. The van der Waals surface area contributed by atoms with E-state index in [1.807, 2.05) is 48.9 Å². The molecule has 0 saturated carbocycles. The van der Waals surface area contributed by atoms with Crippen LogP contribution in [0.15, 0.2) is 90.1 Å². The Hall–Kier alpha value is -3.98. The van der Waals surface area contributed by atoms with Crippen LogP contribution in [-0.4, -0.2) is 30.4 Å². The summed E-state index contributed by atoms with van der Waals surface area (Å²) in [6.45, 7) is 3.46. The fourth-order valence-electron chi connectivity index (χ4n) is 3.67. The van der Waals surface area contributed by atoms with E-state index in [0.717, 1.165) is 39.1 Å².